The molecule has 1 atom stereocenters. The Labute approximate surface area is 78.4 Å². The van der Waals surface area contributed by atoms with Gasteiger partial charge in [-0.2, -0.15) is 5.10 Å². The largest absolute Gasteiger partial charge is 0.391 e. The van der Waals surface area contributed by atoms with Crippen LogP contribution in [0.1, 0.15) is 19.4 Å². The predicted molar refractivity (Wildman–Crippen MR) is 52.2 cm³/mol. The average Bonchev–Trinajstić information content (AvgIpc) is 2.31. The van der Waals surface area contributed by atoms with Crippen molar-refractivity contribution in [2.75, 3.05) is 5.73 Å². The summed E-state index contributed by atoms with van der Waals surface area (Å²) in [5, 5.41) is 13.6. The molecule has 3 N–H and O–H groups in total. The Morgan fingerprint density at radius 1 is 1.62 bits per heavy atom. The summed E-state index contributed by atoms with van der Waals surface area (Å²) in [6.07, 6.45) is 1.49. The molecule has 0 amide bonds. The van der Waals surface area contributed by atoms with E-state index in [0.717, 1.165) is 5.56 Å². The van der Waals surface area contributed by atoms with E-state index in [2.05, 4.69) is 5.10 Å². The molecule has 4 nitrogen and oxygen atoms in total. The molecular weight excluding hydrogens is 166 g/mol. The van der Waals surface area contributed by atoms with Crippen molar-refractivity contribution in [2.45, 2.75) is 33.4 Å². The molecule has 0 spiro atoms. The smallest absolute Gasteiger partial charge is 0.148 e. The van der Waals surface area contributed by atoms with Gasteiger partial charge in [0.05, 0.1) is 12.6 Å². The number of aliphatic hydroxyl groups is 1. The zero-order valence-electron chi connectivity index (χ0n) is 8.36. The highest BCUT2D eigenvalue weighted by Crippen LogP contribution is 2.09. The van der Waals surface area contributed by atoms with E-state index in [0.29, 0.717) is 12.4 Å². The van der Waals surface area contributed by atoms with E-state index >= 15 is 0 Å². The Kier molecular flexibility index (Phi) is 2.93. The molecule has 1 aromatic heterocycles. The van der Waals surface area contributed by atoms with Gasteiger partial charge in [0.1, 0.15) is 5.82 Å². The van der Waals surface area contributed by atoms with Gasteiger partial charge in [-0.25, -0.2) is 0 Å². The minimum absolute atomic E-state index is 0.241. The van der Waals surface area contributed by atoms with Crippen LogP contribution in [-0.4, -0.2) is 21.0 Å². The first-order valence-electron chi connectivity index (χ1n) is 4.48. The summed E-state index contributed by atoms with van der Waals surface area (Å²) in [6, 6.07) is 0. The minimum atomic E-state index is -0.362. The quantitative estimate of drug-likeness (QED) is 0.728. The highest BCUT2D eigenvalue weighted by molar-refractivity contribution is 5.35. The third kappa shape index (κ3) is 2.45. The van der Waals surface area contributed by atoms with Gasteiger partial charge in [0.2, 0.25) is 0 Å². The second kappa shape index (κ2) is 3.79. The van der Waals surface area contributed by atoms with Crippen LogP contribution in [0, 0.1) is 12.8 Å². The number of hydrogen-bond donors (Lipinski definition) is 2. The van der Waals surface area contributed by atoms with Gasteiger partial charge >= 0.3 is 0 Å². The van der Waals surface area contributed by atoms with Gasteiger partial charge in [-0.15, -0.1) is 0 Å². The average molecular weight is 183 g/mol. The highest BCUT2D eigenvalue weighted by atomic mass is 16.3. The first-order chi connectivity index (χ1) is 6.00. The molecule has 1 aromatic rings. The molecule has 1 heterocycles. The van der Waals surface area contributed by atoms with Crippen molar-refractivity contribution in [2.24, 2.45) is 5.92 Å². The Morgan fingerprint density at radius 3 is 2.62 bits per heavy atom. The fraction of sp³-hybridized carbons (Fsp3) is 0.667. The number of hydrogen-bond acceptors (Lipinski definition) is 3. The first-order valence-corrected chi connectivity index (χ1v) is 4.48. The van der Waals surface area contributed by atoms with Crippen LogP contribution in [0.15, 0.2) is 6.20 Å². The fourth-order valence-corrected chi connectivity index (χ4v) is 1.03. The van der Waals surface area contributed by atoms with Gasteiger partial charge in [0.15, 0.2) is 0 Å². The van der Waals surface area contributed by atoms with E-state index in [-0.39, 0.29) is 12.0 Å². The summed E-state index contributed by atoms with van der Waals surface area (Å²) in [5.74, 6) is 0.779. The van der Waals surface area contributed by atoms with Crippen LogP contribution in [-0.2, 0) is 6.54 Å². The minimum Gasteiger partial charge on any atom is -0.391 e. The zero-order chi connectivity index (χ0) is 10.0. The Hall–Kier alpha value is -1.03. The van der Waals surface area contributed by atoms with Crippen LogP contribution >= 0.6 is 0 Å². The lowest BCUT2D eigenvalue weighted by Gasteiger charge is -2.13. The Balaban J connectivity index is 2.64. The maximum Gasteiger partial charge on any atom is 0.148 e. The number of anilines is 1. The van der Waals surface area contributed by atoms with Crippen LogP contribution < -0.4 is 5.73 Å². The molecule has 74 valence electrons. The van der Waals surface area contributed by atoms with Crippen molar-refractivity contribution in [1.82, 2.24) is 9.78 Å². The van der Waals surface area contributed by atoms with Crippen LogP contribution in [0.2, 0.25) is 0 Å². The van der Waals surface area contributed by atoms with Gasteiger partial charge in [0, 0.05) is 11.8 Å². The van der Waals surface area contributed by atoms with E-state index in [1.54, 1.807) is 4.68 Å². The molecule has 0 aromatic carbocycles. The maximum atomic E-state index is 9.58. The van der Waals surface area contributed by atoms with Crippen molar-refractivity contribution < 1.29 is 5.11 Å². The molecule has 13 heavy (non-hydrogen) atoms. The molecule has 0 saturated heterocycles. The Bertz CT molecular complexity index is 261. The summed E-state index contributed by atoms with van der Waals surface area (Å²) >= 11 is 0. The summed E-state index contributed by atoms with van der Waals surface area (Å²) in [4.78, 5) is 0. The fourth-order valence-electron chi connectivity index (χ4n) is 1.03. The summed E-state index contributed by atoms with van der Waals surface area (Å²) < 4.78 is 1.69. The highest BCUT2D eigenvalue weighted by Gasteiger charge is 2.11. The molecular formula is C9H17N3O. The van der Waals surface area contributed by atoms with E-state index in [1.807, 2.05) is 27.0 Å². The topological polar surface area (TPSA) is 64.1 Å². The van der Waals surface area contributed by atoms with E-state index < -0.39 is 0 Å². The van der Waals surface area contributed by atoms with Gasteiger partial charge in [-0.1, -0.05) is 13.8 Å². The van der Waals surface area contributed by atoms with Gasteiger partial charge in [0.25, 0.3) is 0 Å². The van der Waals surface area contributed by atoms with Crippen molar-refractivity contribution in [3.05, 3.63) is 11.8 Å². The molecule has 0 aliphatic rings. The predicted octanol–water partition coefficient (Wildman–Crippen LogP) is 0.791. The third-order valence-electron chi connectivity index (χ3n) is 2.13. The number of rotatable bonds is 3. The van der Waals surface area contributed by atoms with Crippen LogP contribution in [0.5, 0.6) is 0 Å². The lowest BCUT2D eigenvalue weighted by Crippen LogP contribution is -2.22. The number of aliphatic hydroxyl groups excluding tert-OH is 1. The number of nitrogens with two attached hydrogens (primary N) is 1. The second-order valence-corrected chi connectivity index (χ2v) is 3.73. The number of aromatic nitrogens is 2. The van der Waals surface area contributed by atoms with Gasteiger partial charge < -0.3 is 10.8 Å². The monoisotopic (exact) mass is 183 g/mol. The molecule has 0 aliphatic heterocycles. The van der Waals surface area contributed by atoms with Gasteiger partial charge in [-0.05, 0) is 12.8 Å². The Morgan fingerprint density at radius 2 is 2.23 bits per heavy atom. The number of nitrogen functional groups attached to an aromatic ring is 1. The molecule has 0 aliphatic carbocycles. The molecule has 1 rings (SSSR count). The summed E-state index contributed by atoms with van der Waals surface area (Å²) in [5.41, 5.74) is 6.53. The molecule has 0 radical (unpaired) electrons. The van der Waals surface area contributed by atoms with Crippen molar-refractivity contribution >= 4 is 5.82 Å². The third-order valence-corrected chi connectivity index (χ3v) is 2.13. The van der Waals surface area contributed by atoms with Crippen molar-refractivity contribution in [3.63, 3.8) is 0 Å². The number of aryl methyl sites for hydroxylation is 1. The van der Waals surface area contributed by atoms with E-state index in [1.165, 1.54) is 0 Å². The van der Waals surface area contributed by atoms with Crippen molar-refractivity contribution in [1.29, 1.82) is 0 Å². The van der Waals surface area contributed by atoms with Crippen LogP contribution in [0.4, 0.5) is 5.82 Å². The first kappa shape index (κ1) is 10.1. The second-order valence-electron chi connectivity index (χ2n) is 3.73. The zero-order valence-corrected chi connectivity index (χ0v) is 8.36. The summed E-state index contributed by atoms with van der Waals surface area (Å²) in [7, 11) is 0. The lowest BCUT2D eigenvalue weighted by atomic mass is 10.1. The standard InChI is InChI=1S/C9H17N3O/c1-6(2)8(13)5-12-4-7(3)9(10)11-12/h4,6,8,13H,5H2,1-3H3,(H2,10,11). The molecule has 0 saturated carbocycles. The van der Waals surface area contributed by atoms with Gasteiger partial charge in [-0.3, -0.25) is 4.68 Å². The van der Waals surface area contributed by atoms with Crippen LogP contribution in [0.25, 0.3) is 0 Å². The van der Waals surface area contributed by atoms with E-state index in [4.69, 9.17) is 5.73 Å². The van der Waals surface area contributed by atoms with Crippen LogP contribution in [0.3, 0.4) is 0 Å². The number of nitrogens with zero attached hydrogens (tertiary/aromatic N) is 2. The lowest BCUT2D eigenvalue weighted by molar-refractivity contribution is 0.103. The molecule has 4 heteroatoms. The van der Waals surface area contributed by atoms with Crippen molar-refractivity contribution in [3.8, 4) is 0 Å². The SMILES string of the molecule is Cc1cn(CC(O)C(C)C)nc1N. The normalized spacial score (nSPS) is 13.6. The molecule has 0 bridgehead atoms. The maximum absolute atomic E-state index is 9.58. The molecule has 0 fully saturated rings. The van der Waals surface area contributed by atoms with E-state index in [9.17, 15) is 5.11 Å². The molecule has 1 unspecified atom stereocenters. The summed E-state index contributed by atoms with van der Waals surface area (Å²) in [6.45, 7) is 6.37.